The number of alkyl halides is 3. The number of hydrogen-bond donors (Lipinski definition) is 0. The van der Waals surface area contributed by atoms with E-state index in [0.29, 0.717) is 12.0 Å². The summed E-state index contributed by atoms with van der Waals surface area (Å²) in [4.78, 5) is 17.7. The van der Waals surface area contributed by atoms with Crippen molar-refractivity contribution in [2.45, 2.75) is 13.1 Å². The number of rotatable bonds is 2. The quantitative estimate of drug-likeness (QED) is 0.775. The van der Waals surface area contributed by atoms with Gasteiger partial charge in [-0.1, -0.05) is 0 Å². The van der Waals surface area contributed by atoms with E-state index < -0.39 is 11.9 Å². The fraction of sp³-hybridized carbons (Fsp3) is 0.182. The number of aldehydes is 1. The second-order valence-electron chi connectivity index (χ2n) is 3.51. The molecule has 0 aliphatic heterocycles. The molecule has 94 valence electrons. The van der Waals surface area contributed by atoms with E-state index in [9.17, 15) is 18.0 Å². The molecule has 2 heterocycles. The van der Waals surface area contributed by atoms with Crippen LogP contribution in [0.5, 0.6) is 0 Å². The standard InChI is InChI=1S/C11H7F3N2O2/c1-6-8(5-17)16-10(18-6)7-2-3-9(15-4-7)11(12,13)14/h2-5H,1H3. The van der Waals surface area contributed by atoms with E-state index in [-0.39, 0.29) is 17.1 Å². The second kappa shape index (κ2) is 4.25. The first-order valence-electron chi connectivity index (χ1n) is 4.88. The van der Waals surface area contributed by atoms with Crippen LogP contribution in [0.25, 0.3) is 11.5 Å². The van der Waals surface area contributed by atoms with Gasteiger partial charge in [0.2, 0.25) is 5.89 Å². The van der Waals surface area contributed by atoms with Crippen LogP contribution in [0.2, 0.25) is 0 Å². The van der Waals surface area contributed by atoms with Crippen LogP contribution >= 0.6 is 0 Å². The Bertz CT molecular complexity index is 573. The van der Waals surface area contributed by atoms with Crippen molar-refractivity contribution in [1.82, 2.24) is 9.97 Å². The summed E-state index contributed by atoms with van der Waals surface area (Å²) in [5.41, 5.74) is -0.603. The van der Waals surface area contributed by atoms with Crippen molar-refractivity contribution in [1.29, 1.82) is 0 Å². The fourth-order valence-corrected chi connectivity index (χ4v) is 1.33. The summed E-state index contributed by atoms with van der Waals surface area (Å²) in [6.07, 6.45) is -2.97. The first-order chi connectivity index (χ1) is 8.41. The lowest BCUT2D eigenvalue weighted by Gasteiger charge is -2.04. The lowest BCUT2D eigenvalue weighted by molar-refractivity contribution is -0.141. The average molecular weight is 256 g/mol. The zero-order valence-electron chi connectivity index (χ0n) is 9.15. The maximum absolute atomic E-state index is 12.3. The van der Waals surface area contributed by atoms with E-state index in [4.69, 9.17) is 4.42 Å². The Morgan fingerprint density at radius 2 is 2.06 bits per heavy atom. The number of nitrogens with zero attached hydrogens (tertiary/aromatic N) is 2. The van der Waals surface area contributed by atoms with Crippen molar-refractivity contribution >= 4 is 6.29 Å². The van der Waals surface area contributed by atoms with Crippen LogP contribution in [0, 0.1) is 6.92 Å². The van der Waals surface area contributed by atoms with Crippen LogP contribution in [0.4, 0.5) is 13.2 Å². The van der Waals surface area contributed by atoms with Gasteiger partial charge < -0.3 is 4.42 Å². The largest absolute Gasteiger partial charge is 0.441 e. The maximum Gasteiger partial charge on any atom is 0.433 e. The molecule has 0 atom stereocenters. The Morgan fingerprint density at radius 1 is 1.33 bits per heavy atom. The molecule has 2 aromatic heterocycles. The summed E-state index contributed by atoms with van der Waals surface area (Å²) >= 11 is 0. The molecule has 0 aromatic carbocycles. The smallest absolute Gasteiger partial charge is 0.433 e. The van der Waals surface area contributed by atoms with Gasteiger partial charge in [0, 0.05) is 6.20 Å². The highest BCUT2D eigenvalue weighted by Gasteiger charge is 2.32. The molecule has 4 nitrogen and oxygen atoms in total. The first kappa shape index (κ1) is 12.3. The van der Waals surface area contributed by atoms with Crippen LogP contribution in [0.1, 0.15) is 21.9 Å². The van der Waals surface area contributed by atoms with E-state index in [1.54, 1.807) is 0 Å². The van der Waals surface area contributed by atoms with Crippen LogP contribution in [-0.4, -0.2) is 16.3 Å². The van der Waals surface area contributed by atoms with Gasteiger partial charge in [0.15, 0.2) is 6.29 Å². The highest BCUT2D eigenvalue weighted by molar-refractivity contribution is 5.74. The molecule has 0 amide bonds. The zero-order chi connectivity index (χ0) is 13.3. The summed E-state index contributed by atoms with van der Waals surface area (Å²) in [6.45, 7) is 1.54. The van der Waals surface area contributed by atoms with E-state index in [2.05, 4.69) is 9.97 Å². The van der Waals surface area contributed by atoms with E-state index in [0.717, 1.165) is 12.3 Å². The third kappa shape index (κ3) is 2.24. The van der Waals surface area contributed by atoms with Gasteiger partial charge in [-0.15, -0.1) is 0 Å². The van der Waals surface area contributed by atoms with E-state index >= 15 is 0 Å². The Hall–Kier alpha value is -2.18. The van der Waals surface area contributed by atoms with Gasteiger partial charge in [-0.25, -0.2) is 4.98 Å². The number of aryl methyl sites for hydroxylation is 1. The summed E-state index contributed by atoms with van der Waals surface area (Å²) in [7, 11) is 0. The number of pyridine rings is 1. The molecular weight excluding hydrogens is 249 g/mol. The van der Waals surface area contributed by atoms with Gasteiger partial charge in [-0.3, -0.25) is 9.78 Å². The predicted octanol–water partition coefficient (Wildman–Crippen LogP) is 2.88. The summed E-state index contributed by atoms with van der Waals surface area (Å²) in [5, 5.41) is 0. The molecule has 7 heteroatoms. The second-order valence-corrected chi connectivity index (χ2v) is 3.51. The van der Waals surface area contributed by atoms with Gasteiger partial charge in [-0.05, 0) is 19.1 Å². The van der Waals surface area contributed by atoms with Gasteiger partial charge in [-0.2, -0.15) is 13.2 Å². The minimum absolute atomic E-state index is 0.0656. The molecule has 0 N–H and O–H groups in total. The molecule has 0 saturated heterocycles. The van der Waals surface area contributed by atoms with E-state index in [1.165, 1.54) is 13.0 Å². The van der Waals surface area contributed by atoms with Gasteiger partial charge in [0.25, 0.3) is 0 Å². The number of hydrogen-bond acceptors (Lipinski definition) is 4. The molecule has 2 aromatic rings. The lowest BCUT2D eigenvalue weighted by atomic mass is 10.2. The third-order valence-corrected chi connectivity index (χ3v) is 2.24. The molecule has 0 fully saturated rings. The first-order valence-corrected chi connectivity index (χ1v) is 4.88. The van der Waals surface area contributed by atoms with Gasteiger partial charge in [0.05, 0.1) is 5.56 Å². The van der Waals surface area contributed by atoms with Crippen molar-refractivity contribution in [3.8, 4) is 11.5 Å². The Kier molecular flexibility index (Phi) is 2.90. The van der Waals surface area contributed by atoms with Gasteiger partial charge >= 0.3 is 6.18 Å². The molecule has 0 radical (unpaired) electrons. The Balaban J connectivity index is 2.37. The number of halogens is 3. The molecule has 0 aliphatic carbocycles. The number of carbonyl (C=O) groups is 1. The molecule has 0 aliphatic rings. The predicted molar refractivity (Wildman–Crippen MR) is 54.9 cm³/mol. The number of aromatic nitrogens is 2. The van der Waals surface area contributed by atoms with Crippen LogP contribution in [-0.2, 0) is 6.18 Å². The van der Waals surface area contributed by atoms with E-state index in [1.807, 2.05) is 0 Å². The summed E-state index contributed by atoms with van der Waals surface area (Å²) in [6, 6.07) is 2.02. The minimum atomic E-state index is -4.49. The maximum atomic E-state index is 12.3. The molecule has 0 unspecified atom stereocenters. The van der Waals surface area contributed by atoms with Crippen molar-refractivity contribution in [3.05, 3.63) is 35.5 Å². The van der Waals surface area contributed by atoms with Crippen molar-refractivity contribution in [2.75, 3.05) is 0 Å². The van der Waals surface area contributed by atoms with Crippen molar-refractivity contribution in [3.63, 3.8) is 0 Å². The van der Waals surface area contributed by atoms with Crippen LogP contribution < -0.4 is 0 Å². The van der Waals surface area contributed by atoms with Crippen molar-refractivity contribution < 1.29 is 22.4 Å². The lowest BCUT2D eigenvalue weighted by Crippen LogP contribution is -2.07. The fourth-order valence-electron chi connectivity index (χ4n) is 1.33. The molecule has 0 spiro atoms. The average Bonchev–Trinajstić information content (AvgIpc) is 2.69. The minimum Gasteiger partial charge on any atom is -0.441 e. The molecule has 0 saturated carbocycles. The SMILES string of the molecule is Cc1oc(-c2ccc(C(F)(F)F)nc2)nc1C=O. The number of oxazole rings is 1. The Labute approximate surface area is 99.5 Å². The normalized spacial score (nSPS) is 11.6. The third-order valence-electron chi connectivity index (χ3n) is 2.24. The van der Waals surface area contributed by atoms with Crippen molar-refractivity contribution in [2.24, 2.45) is 0 Å². The number of carbonyl (C=O) groups excluding carboxylic acids is 1. The van der Waals surface area contributed by atoms with Crippen LogP contribution in [0.15, 0.2) is 22.7 Å². The summed E-state index contributed by atoms with van der Waals surface area (Å²) < 4.78 is 42.0. The summed E-state index contributed by atoms with van der Waals surface area (Å²) in [5.74, 6) is 0.371. The van der Waals surface area contributed by atoms with Gasteiger partial charge in [0.1, 0.15) is 17.1 Å². The Morgan fingerprint density at radius 3 is 2.50 bits per heavy atom. The highest BCUT2D eigenvalue weighted by Crippen LogP contribution is 2.29. The molecule has 0 bridgehead atoms. The monoisotopic (exact) mass is 256 g/mol. The van der Waals surface area contributed by atoms with Crippen LogP contribution in [0.3, 0.4) is 0 Å². The molecular formula is C11H7F3N2O2. The molecule has 2 rings (SSSR count). The molecule has 18 heavy (non-hydrogen) atoms. The topological polar surface area (TPSA) is 56.0 Å². The highest BCUT2D eigenvalue weighted by atomic mass is 19.4. The zero-order valence-corrected chi connectivity index (χ0v) is 9.15.